The van der Waals surface area contributed by atoms with Crippen LogP contribution in [0.1, 0.15) is 45.4 Å². The number of urea groups is 1. The maximum atomic E-state index is 11.6. The number of nitrogens with one attached hydrogen (secondary N) is 2. The lowest BCUT2D eigenvalue weighted by molar-refractivity contribution is -0.142. The topological polar surface area (TPSA) is 87.7 Å². The molecule has 1 saturated carbocycles. The second kappa shape index (κ2) is 9.58. The number of ether oxygens (including phenoxy) is 1. The summed E-state index contributed by atoms with van der Waals surface area (Å²) in [4.78, 5) is 21.8. The van der Waals surface area contributed by atoms with Crippen LogP contribution in [0.3, 0.4) is 0 Å². The number of hydrogen-bond acceptors (Lipinski definition) is 3. The molecule has 2 amide bonds. The molecular formula is C14H26N2O4. The SMILES string of the molecule is CCCC1CCC(NC(=O)NCCOCC(=O)O)CC1. The zero-order chi connectivity index (χ0) is 14.8. The van der Waals surface area contributed by atoms with Gasteiger partial charge in [-0.25, -0.2) is 9.59 Å². The standard InChI is InChI=1S/C14H26N2O4/c1-2-3-11-4-6-12(7-5-11)16-14(19)15-8-9-20-10-13(17)18/h11-12H,2-10H2,1H3,(H,17,18)(H2,15,16,19). The van der Waals surface area contributed by atoms with Crippen LogP contribution < -0.4 is 10.6 Å². The number of amides is 2. The summed E-state index contributed by atoms with van der Waals surface area (Å²) in [5, 5.41) is 14.0. The van der Waals surface area contributed by atoms with Crippen LogP contribution in [0.4, 0.5) is 4.79 Å². The Morgan fingerprint density at radius 1 is 1.25 bits per heavy atom. The fourth-order valence-corrected chi connectivity index (χ4v) is 2.64. The molecule has 6 nitrogen and oxygen atoms in total. The Hall–Kier alpha value is -1.30. The minimum atomic E-state index is -1.00. The molecule has 0 aromatic rings. The average molecular weight is 286 g/mol. The van der Waals surface area contributed by atoms with E-state index < -0.39 is 5.97 Å². The molecule has 1 fully saturated rings. The lowest BCUT2D eigenvalue weighted by Gasteiger charge is -2.28. The third-order valence-corrected chi connectivity index (χ3v) is 3.64. The van der Waals surface area contributed by atoms with E-state index in [-0.39, 0.29) is 25.3 Å². The van der Waals surface area contributed by atoms with Crippen LogP contribution in [0, 0.1) is 5.92 Å². The van der Waals surface area contributed by atoms with Crippen LogP contribution in [0.25, 0.3) is 0 Å². The first-order chi connectivity index (χ1) is 9.61. The minimum Gasteiger partial charge on any atom is -0.480 e. The smallest absolute Gasteiger partial charge is 0.329 e. The van der Waals surface area contributed by atoms with Crippen LogP contribution in [-0.2, 0) is 9.53 Å². The molecule has 0 bridgehead atoms. The molecule has 116 valence electrons. The van der Waals surface area contributed by atoms with Gasteiger partial charge in [0.2, 0.25) is 0 Å². The maximum absolute atomic E-state index is 11.6. The van der Waals surface area contributed by atoms with Gasteiger partial charge in [0.25, 0.3) is 0 Å². The summed E-state index contributed by atoms with van der Waals surface area (Å²) in [7, 11) is 0. The predicted octanol–water partition coefficient (Wildman–Crippen LogP) is 1.75. The molecule has 20 heavy (non-hydrogen) atoms. The van der Waals surface area contributed by atoms with Crippen LogP contribution in [0.15, 0.2) is 0 Å². The highest BCUT2D eigenvalue weighted by atomic mass is 16.5. The Balaban J connectivity index is 2.04. The Bertz CT molecular complexity index is 302. The summed E-state index contributed by atoms with van der Waals surface area (Å²) in [5.74, 6) is -0.177. The van der Waals surface area contributed by atoms with E-state index in [0.717, 1.165) is 18.8 Å². The van der Waals surface area contributed by atoms with Gasteiger partial charge in [0, 0.05) is 12.6 Å². The summed E-state index contributed by atoms with van der Waals surface area (Å²) >= 11 is 0. The van der Waals surface area contributed by atoms with Crippen molar-refractivity contribution >= 4 is 12.0 Å². The van der Waals surface area contributed by atoms with E-state index in [4.69, 9.17) is 9.84 Å². The van der Waals surface area contributed by atoms with E-state index in [0.29, 0.717) is 6.54 Å². The largest absolute Gasteiger partial charge is 0.480 e. The molecule has 0 atom stereocenters. The fraction of sp³-hybridized carbons (Fsp3) is 0.857. The monoisotopic (exact) mass is 286 g/mol. The molecule has 1 rings (SSSR count). The second-order valence-electron chi connectivity index (χ2n) is 5.35. The van der Waals surface area contributed by atoms with Crippen molar-refractivity contribution < 1.29 is 19.4 Å². The highest BCUT2D eigenvalue weighted by molar-refractivity contribution is 5.74. The van der Waals surface area contributed by atoms with Crippen molar-refractivity contribution in [2.24, 2.45) is 5.92 Å². The molecule has 0 aromatic heterocycles. The number of rotatable bonds is 8. The molecule has 1 aliphatic carbocycles. The van der Waals surface area contributed by atoms with Crippen molar-refractivity contribution in [3.8, 4) is 0 Å². The molecule has 3 N–H and O–H groups in total. The van der Waals surface area contributed by atoms with Gasteiger partial charge in [0.05, 0.1) is 6.61 Å². The zero-order valence-corrected chi connectivity index (χ0v) is 12.2. The van der Waals surface area contributed by atoms with Gasteiger partial charge in [0.1, 0.15) is 6.61 Å². The molecular weight excluding hydrogens is 260 g/mol. The van der Waals surface area contributed by atoms with Gasteiger partial charge in [0.15, 0.2) is 0 Å². The third-order valence-electron chi connectivity index (χ3n) is 3.64. The first kappa shape index (κ1) is 16.8. The van der Waals surface area contributed by atoms with E-state index in [1.807, 2.05) is 0 Å². The zero-order valence-electron chi connectivity index (χ0n) is 12.2. The van der Waals surface area contributed by atoms with Crippen LogP contribution in [-0.4, -0.2) is 42.9 Å². The lowest BCUT2D eigenvalue weighted by atomic mass is 9.83. The van der Waals surface area contributed by atoms with Gasteiger partial charge in [-0.1, -0.05) is 19.8 Å². The van der Waals surface area contributed by atoms with E-state index in [9.17, 15) is 9.59 Å². The molecule has 0 aliphatic heterocycles. The van der Waals surface area contributed by atoms with E-state index >= 15 is 0 Å². The third kappa shape index (κ3) is 7.33. The first-order valence-corrected chi connectivity index (χ1v) is 7.45. The number of hydrogen-bond donors (Lipinski definition) is 3. The van der Waals surface area contributed by atoms with Gasteiger partial charge in [-0.05, 0) is 31.6 Å². The van der Waals surface area contributed by atoms with Gasteiger partial charge in [-0.3, -0.25) is 0 Å². The van der Waals surface area contributed by atoms with Gasteiger partial charge in [-0.2, -0.15) is 0 Å². The van der Waals surface area contributed by atoms with Crippen molar-refractivity contribution in [3.63, 3.8) is 0 Å². The number of aliphatic carboxylic acids is 1. The number of carboxylic acid groups (broad SMARTS) is 1. The molecule has 0 heterocycles. The Kier molecular flexibility index (Phi) is 8.02. The second-order valence-corrected chi connectivity index (χ2v) is 5.35. The van der Waals surface area contributed by atoms with E-state index in [1.165, 1.54) is 25.7 Å². The van der Waals surface area contributed by atoms with E-state index in [2.05, 4.69) is 17.6 Å². The average Bonchev–Trinajstić information content (AvgIpc) is 2.40. The van der Waals surface area contributed by atoms with Crippen molar-refractivity contribution in [1.82, 2.24) is 10.6 Å². The Labute approximate surface area is 120 Å². The summed E-state index contributed by atoms with van der Waals surface area (Å²) < 4.78 is 4.83. The summed E-state index contributed by atoms with van der Waals surface area (Å²) in [5.41, 5.74) is 0. The fourth-order valence-electron chi connectivity index (χ4n) is 2.64. The van der Waals surface area contributed by atoms with Crippen LogP contribution in [0.5, 0.6) is 0 Å². The number of carboxylic acids is 1. The molecule has 0 radical (unpaired) electrons. The summed E-state index contributed by atoms with van der Waals surface area (Å²) in [6, 6.07) is 0.0749. The van der Waals surface area contributed by atoms with E-state index in [1.54, 1.807) is 0 Å². The quantitative estimate of drug-likeness (QED) is 0.593. The van der Waals surface area contributed by atoms with Crippen molar-refractivity contribution in [1.29, 1.82) is 0 Å². The molecule has 6 heteroatoms. The number of carbonyl (C=O) groups is 2. The van der Waals surface area contributed by atoms with Gasteiger partial charge >= 0.3 is 12.0 Å². The van der Waals surface area contributed by atoms with Crippen molar-refractivity contribution in [2.45, 2.75) is 51.5 Å². The molecule has 0 spiro atoms. The minimum absolute atomic E-state index is 0.192. The summed E-state index contributed by atoms with van der Waals surface area (Å²) in [6.07, 6.45) is 7.02. The van der Waals surface area contributed by atoms with Crippen molar-refractivity contribution in [2.75, 3.05) is 19.8 Å². The van der Waals surface area contributed by atoms with Crippen LogP contribution >= 0.6 is 0 Å². The Morgan fingerprint density at radius 2 is 1.95 bits per heavy atom. The van der Waals surface area contributed by atoms with Crippen molar-refractivity contribution in [3.05, 3.63) is 0 Å². The first-order valence-electron chi connectivity index (χ1n) is 7.45. The molecule has 1 aliphatic rings. The molecule has 0 unspecified atom stereocenters. The van der Waals surface area contributed by atoms with Crippen LogP contribution in [0.2, 0.25) is 0 Å². The highest BCUT2D eigenvalue weighted by Gasteiger charge is 2.21. The summed E-state index contributed by atoms with van der Waals surface area (Å²) in [6.45, 7) is 2.42. The molecule has 0 aromatic carbocycles. The highest BCUT2D eigenvalue weighted by Crippen LogP contribution is 2.27. The predicted molar refractivity (Wildman–Crippen MR) is 75.6 cm³/mol. The Morgan fingerprint density at radius 3 is 2.55 bits per heavy atom. The van der Waals surface area contributed by atoms with Gasteiger partial charge in [-0.15, -0.1) is 0 Å². The lowest BCUT2D eigenvalue weighted by Crippen LogP contribution is -2.44. The number of carbonyl (C=O) groups excluding carboxylic acids is 1. The normalized spacial score (nSPS) is 22.2. The maximum Gasteiger partial charge on any atom is 0.329 e. The van der Waals surface area contributed by atoms with Gasteiger partial charge < -0.3 is 20.5 Å². The molecule has 0 saturated heterocycles.